The van der Waals surface area contributed by atoms with Crippen LogP contribution in [0.15, 0.2) is 84.9 Å². The minimum Gasteiger partial charge on any atom is -0.432 e. The van der Waals surface area contributed by atoms with Gasteiger partial charge in [0, 0.05) is 13.2 Å². The molecule has 6 heteroatoms. The standard InChI is InChI=1S/C22H26B2N2O2/c25-21(17-7-3-1-4-8-17)15-27-23-19-11-13-20(14-12-19)24-28-16-22(26)18-9-5-2-6-10-18/h1-14,21-24H,15-16,25-26H2. The van der Waals surface area contributed by atoms with E-state index in [1.165, 1.54) is 0 Å². The smallest absolute Gasteiger partial charge is 0.308 e. The quantitative estimate of drug-likeness (QED) is 0.523. The first kappa shape index (κ1) is 20.4. The van der Waals surface area contributed by atoms with Gasteiger partial charge in [0.1, 0.15) is 0 Å². The van der Waals surface area contributed by atoms with Gasteiger partial charge in [-0.1, -0.05) is 95.9 Å². The fourth-order valence-corrected chi connectivity index (χ4v) is 2.93. The zero-order valence-electron chi connectivity index (χ0n) is 16.0. The summed E-state index contributed by atoms with van der Waals surface area (Å²) in [7, 11) is 1.08. The highest BCUT2D eigenvalue weighted by Gasteiger charge is 2.08. The van der Waals surface area contributed by atoms with Crippen LogP contribution in [0, 0.1) is 0 Å². The maximum atomic E-state index is 6.15. The van der Waals surface area contributed by atoms with Crippen molar-refractivity contribution in [3.8, 4) is 0 Å². The van der Waals surface area contributed by atoms with Crippen molar-refractivity contribution in [1.29, 1.82) is 0 Å². The molecule has 3 rings (SSSR count). The molecule has 4 nitrogen and oxygen atoms in total. The van der Waals surface area contributed by atoms with Crippen LogP contribution in [0.3, 0.4) is 0 Å². The molecular formula is C22H26B2N2O2. The van der Waals surface area contributed by atoms with E-state index in [1.54, 1.807) is 0 Å². The molecule has 0 fully saturated rings. The van der Waals surface area contributed by atoms with Crippen molar-refractivity contribution in [2.24, 2.45) is 11.5 Å². The van der Waals surface area contributed by atoms with Crippen LogP contribution in [0.25, 0.3) is 0 Å². The summed E-state index contributed by atoms with van der Waals surface area (Å²) in [5.41, 5.74) is 16.7. The van der Waals surface area contributed by atoms with Gasteiger partial charge in [-0.2, -0.15) is 0 Å². The number of rotatable bonds is 10. The lowest BCUT2D eigenvalue weighted by Gasteiger charge is -2.13. The van der Waals surface area contributed by atoms with Crippen LogP contribution in [0.4, 0.5) is 0 Å². The van der Waals surface area contributed by atoms with Gasteiger partial charge in [-0.15, -0.1) is 0 Å². The molecule has 0 heterocycles. The first-order chi connectivity index (χ1) is 13.7. The summed E-state index contributed by atoms with van der Waals surface area (Å²) in [6.07, 6.45) is 0. The van der Waals surface area contributed by atoms with E-state index in [9.17, 15) is 0 Å². The van der Waals surface area contributed by atoms with Gasteiger partial charge in [-0.05, 0) is 11.1 Å². The van der Waals surface area contributed by atoms with E-state index in [-0.39, 0.29) is 12.1 Å². The van der Waals surface area contributed by atoms with Crippen molar-refractivity contribution in [1.82, 2.24) is 0 Å². The Kier molecular flexibility index (Phi) is 7.88. The van der Waals surface area contributed by atoms with E-state index in [1.807, 2.05) is 60.7 Å². The SMILES string of the molecule is NC(COBc1ccc(BOCC(N)c2ccccc2)cc1)c1ccccc1. The van der Waals surface area contributed by atoms with Crippen LogP contribution < -0.4 is 22.4 Å². The lowest BCUT2D eigenvalue weighted by atomic mass is 9.82. The maximum Gasteiger partial charge on any atom is 0.308 e. The molecule has 4 N–H and O–H groups in total. The Balaban J connectivity index is 1.37. The van der Waals surface area contributed by atoms with Gasteiger partial charge < -0.3 is 20.8 Å². The van der Waals surface area contributed by atoms with Gasteiger partial charge in [-0.25, -0.2) is 0 Å². The molecule has 0 aliphatic carbocycles. The summed E-state index contributed by atoms with van der Waals surface area (Å²) in [6.45, 7) is 0.985. The van der Waals surface area contributed by atoms with E-state index in [4.69, 9.17) is 20.8 Å². The molecule has 0 saturated heterocycles. The molecule has 0 spiro atoms. The van der Waals surface area contributed by atoms with E-state index in [0.717, 1.165) is 22.1 Å². The molecule has 0 bridgehead atoms. The molecule has 0 aromatic heterocycles. The van der Waals surface area contributed by atoms with E-state index in [0.29, 0.717) is 28.2 Å². The van der Waals surface area contributed by atoms with Gasteiger partial charge in [0.2, 0.25) is 0 Å². The van der Waals surface area contributed by atoms with Crippen LogP contribution in [0.5, 0.6) is 0 Å². The normalized spacial score (nSPS) is 12.9. The van der Waals surface area contributed by atoms with Crippen molar-refractivity contribution in [2.75, 3.05) is 13.2 Å². The van der Waals surface area contributed by atoms with Gasteiger partial charge in [0.15, 0.2) is 0 Å². The Morgan fingerprint density at radius 2 is 0.929 bits per heavy atom. The zero-order chi connectivity index (χ0) is 19.6. The number of nitrogens with two attached hydrogens (primary N) is 2. The highest BCUT2D eigenvalue weighted by atomic mass is 16.4. The van der Waals surface area contributed by atoms with Crippen molar-refractivity contribution < 1.29 is 9.31 Å². The molecule has 142 valence electrons. The lowest BCUT2D eigenvalue weighted by Crippen LogP contribution is -2.27. The molecule has 0 saturated carbocycles. The molecule has 3 aromatic carbocycles. The number of hydrogen-bond acceptors (Lipinski definition) is 4. The first-order valence-electron chi connectivity index (χ1n) is 9.57. The second-order valence-corrected chi connectivity index (χ2v) is 6.88. The molecular weight excluding hydrogens is 346 g/mol. The summed E-state index contributed by atoms with van der Waals surface area (Å²) >= 11 is 0. The summed E-state index contributed by atoms with van der Waals surface area (Å²) in [5, 5.41) is 0. The Morgan fingerprint density at radius 1 is 0.571 bits per heavy atom. The van der Waals surface area contributed by atoms with Crippen LogP contribution in [0.2, 0.25) is 0 Å². The highest BCUT2D eigenvalue weighted by Crippen LogP contribution is 2.10. The summed E-state index contributed by atoms with van der Waals surface area (Å²) < 4.78 is 11.5. The van der Waals surface area contributed by atoms with Crippen molar-refractivity contribution in [3.63, 3.8) is 0 Å². The molecule has 2 unspecified atom stereocenters. The number of hydrogen-bond donors (Lipinski definition) is 2. The lowest BCUT2D eigenvalue weighted by molar-refractivity contribution is 0.310. The minimum atomic E-state index is -0.109. The van der Waals surface area contributed by atoms with E-state index in [2.05, 4.69) is 24.3 Å². The predicted octanol–water partition coefficient (Wildman–Crippen LogP) is 1.07. The van der Waals surface area contributed by atoms with Gasteiger partial charge in [0.05, 0.1) is 12.1 Å². The van der Waals surface area contributed by atoms with E-state index < -0.39 is 0 Å². The number of benzene rings is 3. The summed E-state index contributed by atoms with van der Waals surface area (Å²) in [4.78, 5) is 0. The Morgan fingerprint density at radius 3 is 1.29 bits per heavy atom. The van der Waals surface area contributed by atoms with Crippen molar-refractivity contribution in [3.05, 3.63) is 96.1 Å². The van der Waals surface area contributed by atoms with Crippen LogP contribution in [-0.4, -0.2) is 28.2 Å². The molecule has 0 aliphatic heterocycles. The van der Waals surface area contributed by atoms with E-state index >= 15 is 0 Å². The third-order valence-electron chi connectivity index (χ3n) is 4.61. The Bertz CT molecular complexity index is 746. The Labute approximate surface area is 168 Å². The fraction of sp³-hybridized carbons (Fsp3) is 0.182. The summed E-state index contributed by atoms with van der Waals surface area (Å²) in [6, 6.07) is 28.0. The first-order valence-corrected chi connectivity index (χ1v) is 9.57. The van der Waals surface area contributed by atoms with Gasteiger partial charge >= 0.3 is 15.0 Å². The Hall–Kier alpha value is -2.37. The van der Waals surface area contributed by atoms with Crippen molar-refractivity contribution in [2.45, 2.75) is 12.1 Å². The summed E-state index contributed by atoms with van der Waals surface area (Å²) in [5.74, 6) is 0. The third-order valence-corrected chi connectivity index (χ3v) is 4.61. The molecule has 0 radical (unpaired) electrons. The second-order valence-electron chi connectivity index (χ2n) is 6.88. The average Bonchev–Trinajstić information content (AvgIpc) is 2.76. The molecule has 3 aromatic rings. The molecule has 0 aliphatic rings. The zero-order valence-corrected chi connectivity index (χ0v) is 16.0. The minimum absolute atomic E-state index is 0.109. The van der Waals surface area contributed by atoms with Crippen molar-refractivity contribution >= 4 is 25.9 Å². The monoisotopic (exact) mass is 372 g/mol. The van der Waals surface area contributed by atoms with Gasteiger partial charge in [0.25, 0.3) is 0 Å². The largest absolute Gasteiger partial charge is 0.432 e. The highest BCUT2D eigenvalue weighted by molar-refractivity contribution is 6.49. The topological polar surface area (TPSA) is 70.5 Å². The maximum absolute atomic E-state index is 6.15. The third kappa shape index (κ3) is 6.36. The molecule has 2 atom stereocenters. The van der Waals surface area contributed by atoms with Crippen LogP contribution >= 0.6 is 0 Å². The molecule has 28 heavy (non-hydrogen) atoms. The predicted molar refractivity (Wildman–Crippen MR) is 119 cm³/mol. The van der Waals surface area contributed by atoms with Crippen LogP contribution in [0.1, 0.15) is 23.2 Å². The average molecular weight is 372 g/mol. The van der Waals surface area contributed by atoms with Gasteiger partial charge in [-0.3, -0.25) is 0 Å². The fourth-order valence-electron chi connectivity index (χ4n) is 2.93. The second kappa shape index (κ2) is 10.8. The molecule has 0 amide bonds. The van der Waals surface area contributed by atoms with Crippen LogP contribution in [-0.2, 0) is 9.31 Å².